The van der Waals surface area contributed by atoms with Crippen molar-refractivity contribution in [1.29, 1.82) is 0 Å². The monoisotopic (exact) mass is 999 g/mol. The van der Waals surface area contributed by atoms with Gasteiger partial charge >= 0.3 is 5.97 Å². The minimum Gasteiger partial charge on any atom is -0.756 e. The zero-order valence-corrected chi connectivity index (χ0v) is 46.8. The molecule has 0 radical (unpaired) electrons. The first kappa shape index (κ1) is 67.2. The van der Waals surface area contributed by atoms with Crippen molar-refractivity contribution < 1.29 is 37.3 Å². The number of unbranched alkanes of at least 4 members (excludes halogenated alkanes) is 22. The first-order valence-electron chi connectivity index (χ1n) is 28.4. The van der Waals surface area contributed by atoms with Crippen molar-refractivity contribution in [2.45, 2.75) is 245 Å². The number of nitrogens with one attached hydrogen (secondary N) is 1. The van der Waals surface area contributed by atoms with Gasteiger partial charge in [0.1, 0.15) is 19.3 Å². The molecule has 10 heteroatoms. The zero-order chi connectivity index (χ0) is 51.5. The number of rotatable bonds is 50. The van der Waals surface area contributed by atoms with Crippen molar-refractivity contribution in [3.05, 3.63) is 85.1 Å². The fraction of sp³-hybridized carbons (Fsp3) is 0.733. The third kappa shape index (κ3) is 50.1. The lowest BCUT2D eigenvalue weighted by atomic mass is 10.1. The molecule has 0 aliphatic heterocycles. The van der Waals surface area contributed by atoms with E-state index in [-0.39, 0.29) is 24.9 Å². The number of hydrogen-bond donors (Lipinski definition) is 1. The highest BCUT2D eigenvalue weighted by molar-refractivity contribution is 7.45. The van der Waals surface area contributed by atoms with Crippen LogP contribution in [-0.2, 0) is 27.9 Å². The summed E-state index contributed by atoms with van der Waals surface area (Å²) < 4.78 is 30.2. The number of hydrogen-bond acceptors (Lipinski definition) is 7. The van der Waals surface area contributed by atoms with E-state index in [4.69, 9.17) is 13.8 Å². The summed E-state index contributed by atoms with van der Waals surface area (Å²) in [7, 11) is 1.15. The average molecular weight is 999 g/mol. The van der Waals surface area contributed by atoms with Crippen molar-refractivity contribution in [2.75, 3.05) is 40.9 Å². The average Bonchev–Trinajstić information content (AvgIpc) is 3.32. The van der Waals surface area contributed by atoms with E-state index in [2.05, 4.69) is 99.0 Å². The van der Waals surface area contributed by atoms with E-state index in [0.717, 1.165) is 103 Å². The Morgan fingerprint density at radius 1 is 0.514 bits per heavy atom. The van der Waals surface area contributed by atoms with Gasteiger partial charge in [0.2, 0.25) is 5.91 Å². The molecule has 0 aromatic rings. The van der Waals surface area contributed by atoms with Crippen LogP contribution in [0.5, 0.6) is 0 Å². The highest BCUT2D eigenvalue weighted by atomic mass is 31.2. The molecule has 0 aliphatic rings. The van der Waals surface area contributed by atoms with Crippen molar-refractivity contribution in [3.8, 4) is 0 Å². The Morgan fingerprint density at radius 3 is 1.41 bits per heavy atom. The Hall–Kier alpha value is -2.81. The van der Waals surface area contributed by atoms with Crippen LogP contribution >= 0.6 is 7.82 Å². The number of carbonyl (C=O) groups excluding carboxylic acids is 2. The number of carbonyl (C=O) groups is 2. The highest BCUT2D eigenvalue weighted by Gasteiger charge is 2.27. The van der Waals surface area contributed by atoms with E-state index in [1.165, 1.54) is 89.9 Å². The molecule has 0 saturated carbocycles. The van der Waals surface area contributed by atoms with Crippen molar-refractivity contribution >= 4 is 19.7 Å². The third-order valence-electron chi connectivity index (χ3n) is 12.1. The Morgan fingerprint density at radius 2 is 0.914 bits per heavy atom. The molecule has 0 rings (SSSR count). The largest absolute Gasteiger partial charge is 0.756 e. The summed E-state index contributed by atoms with van der Waals surface area (Å²) in [4.78, 5) is 39.8. The van der Waals surface area contributed by atoms with Gasteiger partial charge in [-0.25, -0.2) is 0 Å². The van der Waals surface area contributed by atoms with Crippen LogP contribution in [0.2, 0.25) is 0 Å². The molecule has 9 nitrogen and oxygen atoms in total. The molecule has 0 aliphatic carbocycles. The maximum atomic E-state index is 13.5. The summed E-state index contributed by atoms with van der Waals surface area (Å²) in [5.74, 6) is -0.592. The number of quaternary nitrogens is 1. The van der Waals surface area contributed by atoms with Gasteiger partial charge in [-0.05, 0) is 102 Å². The van der Waals surface area contributed by atoms with E-state index < -0.39 is 26.6 Å². The molecule has 3 atom stereocenters. The number of phosphoric acid groups is 1. The van der Waals surface area contributed by atoms with E-state index in [1.807, 2.05) is 33.3 Å². The molecule has 1 N–H and O–H groups in total. The van der Waals surface area contributed by atoms with Gasteiger partial charge in [-0.3, -0.25) is 14.2 Å². The lowest BCUT2D eigenvalue weighted by molar-refractivity contribution is -0.870. The van der Waals surface area contributed by atoms with Crippen LogP contribution in [-0.4, -0.2) is 69.4 Å². The van der Waals surface area contributed by atoms with Gasteiger partial charge in [-0.15, -0.1) is 0 Å². The number of ether oxygens (including phenoxy) is 1. The summed E-state index contributed by atoms with van der Waals surface area (Å²) >= 11 is 0. The summed E-state index contributed by atoms with van der Waals surface area (Å²) in [6, 6.07) is -0.908. The maximum Gasteiger partial charge on any atom is 0.306 e. The Balaban J connectivity index is 5.39. The molecule has 0 bridgehead atoms. The topological polar surface area (TPSA) is 114 Å². The molecule has 70 heavy (non-hydrogen) atoms. The summed E-state index contributed by atoms with van der Waals surface area (Å²) in [5.41, 5.74) is 0. The Labute approximate surface area is 431 Å². The standard InChI is InChI=1S/C60H107N2O7P/c1-7-10-13-16-19-22-25-27-29-30-31-32-33-35-38-41-44-47-50-53-60(64)69-58(51-48-45-42-39-36-24-21-18-15-12-9-3)57(56-68-70(65,66)67-55-54-62(4,5)6)61-59(63)52-49-46-43-40-37-34-28-26-23-20-17-14-11-8-2/h11,14,19-20,22-23,27,29,31-32,35,38,48,51,57-58H,7-10,12-13,15-18,21,24-26,28,30,33-34,36-37,39-47,49-50,52-56H2,1-6H3,(H-,61,63,65,66)/b14-11+,22-19-,23-20+,29-27-,32-31-,38-35-,51-48+. The SMILES string of the molecule is CC/C=C/C/C=C/CCCCCCCCCC(=O)NC(COP(=O)([O-])OCC[N+](C)(C)C)C(/C=C/CCCCCCCCCCC)OC(=O)CCCCC/C=C\C/C=C\C/C=C\C/C=C\CCCCC. The molecule has 0 spiro atoms. The van der Waals surface area contributed by atoms with Gasteiger partial charge in [-0.1, -0.05) is 202 Å². The number of phosphoric ester groups is 1. The second-order valence-corrected chi connectivity index (χ2v) is 21.5. The van der Waals surface area contributed by atoms with Crippen LogP contribution in [0.3, 0.4) is 0 Å². The second-order valence-electron chi connectivity index (χ2n) is 20.1. The molecule has 0 heterocycles. The van der Waals surface area contributed by atoms with Crippen molar-refractivity contribution in [2.24, 2.45) is 0 Å². The quantitative estimate of drug-likeness (QED) is 0.0212. The van der Waals surface area contributed by atoms with E-state index >= 15 is 0 Å². The molecule has 1 amide bonds. The van der Waals surface area contributed by atoms with E-state index in [9.17, 15) is 19.0 Å². The molecule has 0 fully saturated rings. The molecule has 0 aromatic heterocycles. The molecular weight excluding hydrogens is 892 g/mol. The van der Waals surface area contributed by atoms with Crippen LogP contribution in [0.1, 0.15) is 233 Å². The van der Waals surface area contributed by atoms with Gasteiger partial charge < -0.3 is 28.5 Å². The minimum atomic E-state index is -4.71. The Kier molecular flexibility index (Phi) is 47.8. The number of allylic oxidation sites excluding steroid dienone is 13. The predicted octanol–water partition coefficient (Wildman–Crippen LogP) is 16.4. The van der Waals surface area contributed by atoms with E-state index in [0.29, 0.717) is 23.9 Å². The number of nitrogens with zero attached hydrogens (tertiary/aromatic N) is 1. The molecule has 0 saturated heterocycles. The first-order chi connectivity index (χ1) is 33.9. The fourth-order valence-corrected chi connectivity index (χ4v) is 8.38. The van der Waals surface area contributed by atoms with Crippen molar-refractivity contribution in [3.63, 3.8) is 0 Å². The molecule has 3 unspecified atom stereocenters. The second kappa shape index (κ2) is 49.8. The van der Waals surface area contributed by atoms with Crippen LogP contribution in [0.4, 0.5) is 0 Å². The van der Waals surface area contributed by atoms with Crippen LogP contribution < -0.4 is 10.2 Å². The van der Waals surface area contributed by atoms with Gasteiger partial charge in [0.15, 0.2) is 0 Å². The first-order valence-corrected chi connectivity index (χ1v) is 29.9. The highest BCUT2D eigenvalue weighted by Crippen LogP contribution is 2.38. The molecule has 0 aromatic carbocycles. The summed E-state index contributed by atoms with van der Waals surface area (Å²) in [5, 5.41) is 3.00. The van der Waals surface area contributed by atoms with Crippen LogP contribution in [0.25, 0.3) is 0 Å². The smallest absolute Gasteiger partial charge is 0.306 e. The normalized spacial score (nSPS) is 14.4. The predicted molar refractivity (Wildman–Crippen MR) is 298 cm³/mol. The summed E-state index contributed by atoms with van der Waals surface area (Å²) in [6.07, 6.45) is 64.0. The third-order valence-corrected chi connectivity index (χ3v) is 13.0. The summed E-state index contributed by atoms with van der Waals surface area (Å²) in [6.45, 7) is 6.66. The van der Waals surface area contributed by atoms with Crippen LogP contribution in [0.15, 0.2) is 85.1 Å². The van der Waals surface area contributed by atoms with Gasteiger partial charge in [0, 0.05) is 12.8 Å². The maximum absolute atomic E-state index is 13.5. The van der Waals surface area contributed by atoms with Gasteiger partial charge in [0.05, 0.1) is 33.8 Å². The number of likely N-dealkylation sites (N-methyl/N-ethyl adjacent to an activating group) is 1. The number of esters is 1. The lowest BCUT2D eigenvalue weighted by Crippen LogP contribution is -2.47. The zero-order valence-electron chi connectivity index (χ0n) is 45.9. The minimum absolute atomic E-state index is 0.0330. The molecular formula is C60H107N2O7P. The molecule has 404 valence electrons. The van der Waals surface area contributed by atoms with Gasteiger partial charge in [0.25, 0.3) is 7.82 Å². The van der Waals surface area contributed by atoms with Crippen LogP contribution in [0, 0.1) is 0 Å². The van der Waals surface area contributed by atoms with Gasteiger partial charge in [-0.2, -0.15) is 0 Å². The number of amides is 1. The Bertz CT molecular complexity index is 1480. The lowest BCUT2D eigenvalue weighted by Gasteiger charge is -2.30. The van der Waals surface area contributed by atoms with Crippen molar-refractivity contribution in [1.82, 2.24) is 5.32 Å². The van der Waals surface area contributed by atoms with E-state index in [1.54, 1.807) is 0 Å². The fourth-order valence-electron chi connectivity index (χ4n) is 7.66.